The summed E-state index contributed by atoms with van der Waals surface area (Å²) in [6.07, 6.45) is 3.09. The van der Waals surface area contributed by atoms with Gasteiger partial charge in [0.15, 0.2) is 0 Å². The maximum atomic E-state index is 5.82. The fourth-order valence-corrected chi connectivity index (χ4v) is 16.6. The van der Waals surface area contributed by atoms with Gasteiger partial charge >= 0.3 is 0 Å². The second-order valence-electron chi connectivity index (χ2n) is 38.0. The van der Waals surface area contributed by atoms with E-state index in [1.54, 1.807) is 0 Å². The minimum Gasteiger partial charge on any atom is -0.457 e. The van der Waals surface area contributed by atoms with Crippen LogP contribution in [-0.4, -0.2) is 0 Å². The summed E-state index contributed by atoms with van der Waals surface area (Å²) >= 11 is 0. The third-order valence-electron chi connectivity index (χ3n) is 25.0. The summed E-state index contributed by atoms with van der Waals surface area (Å²) in [6.45, 7) is 57.7. The van der Waals surface area contributed by atoms with Gasteiger partial charge in [0.25, 0.3) is 0 Å². The summed E-state index contributed by atoms with van der Waals surface area (Å²) in [5.41, 5.74) is 49.4. The Morgan fingerprint density at radius 2 is 0.463 bits per heavy atom. The number of fused-ring (bicyclic) bond motifs is 2. The van der Waals surface area contributed by atoms with Crippen LogP contribution in [-0.2, 0) is 19.3 Å². The van der Waals surface area contributed by atoms with Crippen molar-refractivity contribution in [2.24, 2.45) is 0 Å². The fourth-order valence-electron chi connectivity index (χ4n) is 16.6. The molecule has 0 N–H and O–H groups in total. The zero-order valence-corrected chi connectivity index (χ0v) is 86.5. The molecular weight excluding hydrogens is 1640 g/mol. The van der Waals surface area contributed by atoms with Crippen LogP contribution in [0.4, 0.5) is 0 Å². The van der Waals surface area contributed by atoms with E-state index >= 15 is 0 Å². The average Bonchev–Trinajstić information content (AvgIpc) is 0.764. The first-order valence-corrected chi connectivity index (χ1v) is 48.1. The van der Waals surface area contributed by atoms with E-state index in [4.69, 9.17) is 9.47 Å². The van der Waals surface area contributed by atoms with E-state index in [1.807, 2.05) is 36.4 Å². The summed E-state index contributed by atoms with van der Waals surface area (Å²) in [7, 11) is 0. The summed E-state index contributed by atoms with van der Waals surface area (Å²) < 4.78 is 11.6. The minimum atomic E-state index is 0.883. The van der Waals surface area contributed by atoms with E-state index in [1.165, 1.54) is 227 Å². The first-order chi connectivity index (χ1) is 64.9. The van der Waals surface area contributed by atoms with Crippen LogP contribution >= 0.6 is 0 Å². The van der Waals surface area contributed by atoms with Crippen LogP contribution in [0.5, 0.6) is 23.0 Å². The van der Waals surface area contributed by atoms with Gasteiger partial charge in [-0.05, 0) is 404 Å². The minimum absolute atomic E-state index is 0.883. The summed E-state index contributed by atoms with van der Waals surface area (Å²) in [5, 5.41) is 5.52. The molecule has 0 amide bonds. The van der Waals surface area contributed by atoms with Gasteiger partial charge in [0.05, 0.1) is 0 Å². The van der Waals surface area contributed by atoms with E-state index in [0.29, 0.717) is 0 Å². The van der Waals surface area contributed by atoms with Gasteiger partial charge in [0, 0.05) is 0 Å². The van der Waals surface area contributed by atoms with Crippen LogP contribution in [0, 0.1) is 187 Å². The molecule has 2 nitrogen and oxygen atoms in total. The van der Waals surface area contributed by atoms with Gasteiger partial charge < -0.3 is 9.47 Å². The Balaban J connectivity index is 0.000000159. The SMILES string of the molecule is Cc1ccc(-c2ccc(C)c(C)c2)cc1.Cc1ccc(-c2ccc(C)cc2C)cc1.Cc1ccc(C)c(C)c1.Cc1ccc(Cc2cc(C)cc(C)c2)cc1.Cc1ccc(Oc2ccc(C)c(C)c2)cc1.Cc1ccc(Oc2ccc(C)cc2C)cc1.Cc1cccc(Cc2cc(C)cc(C)c2)c1.Cc1cccc(Cc2ccc(C)c(C)c2)c1.Cc1cccc2c(C)c3cccc(C)c3cc12. The molecule has 0 heterocycles. The van der Waals surface area contributed by atoms with Crippen molar-refractivity contribution in [3.63, 3.8) is 0 Å². The molecule has 2 heteroatoms. The molecule has 0 aromatic heterocycles. The van der Waals surface area contributed by atoms with Crippen molar-refractivity contribution in [2.45, 2.75) is 206 Å². The van der Waals surface area contributed by atoms with Crippen LogP contribution in [0.3, 0.4) is 0 Å². The maximum absolute atomic E-state index is 5.82. The molecule has 0 aliphatic rings. The molecule has 18 aromatic carbocycles. The number of rotatable bonds is 12. The van der Waals surface area contributed by atoms with Gasteiger partial charge in [0.1, 0.15) is 23.0 Å². The molecule has 0 saturated heterocycles. The quantitative estimate of drug-likeness (QED) is 0.114. The highest BCUT2D eigenvalue weighted by Crippen LogP contribution is 2.34. The lowest BCUT2D eigenvalue weighted by Crippen LogP contribution is -1.91. The van der Waals surface area contributed by atoms with Crippen molar-refractivity contribution in [2.75, 3.05) is 0 Å². The number of benzene rings is 18. The van der Waals surface area contributed by atoms with E-state index in [0.717, 1.165) is 42.3 Å². The monoisotopic (exact) mass is 1790 g/mol. The molecule has 0 fully saturated rings. The Hall–Kier alpha value is -13.9. The zero-order chi connectivity index (χ0) is 98.2. The molecule has 0 bridgehead atoms. The van der Waals surface area contributed by atoms with Crippen molar-refractivity contribution in [1.29, 1.82) is 0 Å². The molecule has 136 heavy (non-hydrogen) atoms. The second-order valence-corrected chi connectivity index (χ2v) is 38.0. The van der Waals surface area contributed by atoms with Crippen molar-refractivity contribution < 1.29 is 9.47 Å². The Bertz CT molecular complexity index is 6830. The van der Waals surface area contributed by atoms with Gasteiger partial charge in [0.2, 0.25) is 0 Å². The van der Waals surface area contributed by atoms with Gasteiger partial charge in [-0.15, -0.1) is 0 Å². The molecule has 18 aromatic rings. The molecular formula is C134H146O2. The first kappa shape index (κ1) is 104. The van der Waals surface area contributed by atoms with Crippen molar-refractivity contribution in [3.05, 3.63) is 542 Å². The average molecular weight is 1790 g/mol. The molecule has 0 spiro atoms. The lowest BCUT2D eigenvalue weighted by Gasteiger charge is -2.11. The van der Waals surface area contributed by atoms with E-state index in [2.05, 4.69) is 508 Å². The lowest BCUT2D eigenvalue weighted by atomic mass is 9.93. The van der Waals surface area contributed by atoms with Crippen molar-refractivity contribution in [3.8, 4) is 45.3 Å². The van der Waals surface area contributed by atoms with Crippen LogP contribution < -0.4 is 9.47 Å². The highest BCUT2D eigenvalue weighted by atomic mass is 16.5. The standard InChI is InChI=1S/C17H16.3C16H18.2C15H16O.2C15H16.C9H12/c1-11-6-4-8-14-13(3)15-9-5-7-12(2)17(15)10-16(11)14;1-12-4-6-15(7-5-12)11-16-9-13(2)8-14(3)10-16;1-12-5-4-6-15(8-12)11-16-9-13(2)7-14(3)10-16;1-12-5-4-6-15(9-12)11-16-8-7-13(2)14(3)10-16;1-11-4-7-14(8-5-11)16-15-9-6-12(2)13(3)10-15;1-11-4-7-14(8-5-11)16-15-9-6-12(2)10-13(15)3;1-11-4-7-14(8-5-11)15-9-6-12(2)13(3)10-15;1-11-4-7-14(8-5-11)15-9-6-12(2)10-13(15)3;1-7-4-5-8(2)9(3)6-7/h4-10H,1-3H3;3*4-10H,11H2,1-3H3;2*4-10H,1-3H3;2*4-10H,1-3H3;4-6H,1-3H3. The molecule has 0 unspecified atom stereocenters. The number of ether oxygens (including phenoxy) is 2. The Labute approximate surface area is 818 Å². The largest absolute Gasteiger partial charge is 0.457 e. The van der Waals surface area contributed by atoms with Gasteiger partial charge in [-0.3, -0.25) is 0 Å². The predicted molar refractivity (Wildman–Crippen MR) is 593 cm³/mol. The molecule has 0 atom stereocenters. The van der Waals surface area contributed by atoms with Crippen LogP contribution in [0.1, 0.15) is 184 Å². The van der Waals surface area contributed by atoms with Crippen molar-refractivity contribution in [1.82, 2.24) is 0 Å². The van der Waals surface area contributed by atoms with Gasteiger partial charge in [-0.2, -0.15) is 0 Å². The van der Waals surface area contributed by atoms with Crippen LogP contribution in [0.15, 0.2) is 358 Å². The molecule has 0 aliphatic heterocycles. The molecule has 0 radical (unpaired) electrons. The van der Waals surface area contributed by atoms with E-state index in [-0.39, 0.29) is 0 Å². The lowest BCUT2D eigenvalue weighted by molar-refractivity contribution is 0.478. The summed E-state index contributed by atoms with van der Waals surface area (Å²) in [5.74, 6) is 3.59. The number of aryl methyl sites for hydroxylation is 27. The van der Waals surface area contributed by atoms with Crippen LogP contribution in [0.2, 0.25) is 0 Å². The maximum Gasteiger partial charge on any atom is 0.130 e. The highest BCUT2D eigenvalue weighted by molar-refractivity contribution is 6.04. The number of hydrogen-bond acceptors (Lipinski definition) is 2. The Kier molecular flexibility index (Phi) is 39.0. The van der Waals surface area contributed by atoms with E-state index in [9.17, 15) is 0 Å². The summed E-state index contributed by atoms with van der Waals surface area (Å²) in [4.78, 5) is 0. The molecule has 694 valence electrons. The van der Waals surface area contributed by atoms with E-state index < -0.39 is 0 Å². The van der Waals surface area contributed by atoms with Crippen molar-refractivity contribution >= 4 is 21.5 Å². The highest BCUT2D eigenvalue weighted by Gasteiger charge is 2.11. The Morgan fingerprint density at radius 3 is 0.897 bits per heavy atom. The molecule has 0 saturated carbocycles. The first-order valence-electron chi connectivity index (χ1n) is 48.1. The normalized spacial score (nSPS) is 10.4. The number of hydrogen-bond donors (Lipinski definition) is 0. The molecule has 0 aliphatic carbocycles. The van der Waals surface area contributed by atoms with Gasteiger partial charge in [-0.25, -0.2) is 0 Å². The Morgan fingerprint density at radius 1 is 0.147 bits per heavy atom. The smallest absolute Gasteiger partial charge is 0.130 e. The zero-order valence-electron chi connectivity index (χ0n) is 86.5. The predicted octanol–water partition coefficient (Wildman–Crippen LogP) is 37.5. The third kappa shape index (κ3) is 33.3. The fraction of sp³-hybridized carbons (Fsp3) is 0.224. The topological polar surface area (TPSA) is 18.5 Å². The van der Waals surface area contributed by atoms with Crippen LogP contribution in [0.25, 0.3) is 43.8 Å². The second kappa shape index (κ2) is 51.0. The summed E-state index contributed by atoms with van der Waals surface area (Å²) in [6, 6.07) is 128. The molecule has 18 rings (SSSR count). The third-order valence-corrected chi connectivity index (χ3v) is 25.0. The van der Waals surface area contributed by atoms with Gasteiger partial charge in [-0.1, -0.05) is 387 Å².